The van der Waals surface area contributed by atoms with Crippen LogP contribution in [0.2, 0.25) is 0 Å². The summed E-state index contributed by atoms with van der Waals surface area (Å²) in [7, 11) is 1.49. The number of ether oxygens (including phenoxy) is 3. The van der Waals surface area contributed by atoms with Gasteiger partial charge in [0.05, 0.1) is 19.3 Å². The number of carbonyl (C=O) groups is 2. The average molecular weight is 300 g/mol. The van der Waals surface area contributed by atoms with Crippen LogP contribution in [0, 0.1) is 0 Å². The van der Waals surface area contributed by atoms with Gasteiger partial charge in [-0.1, -0.05) is 6.07 Å². The number of hydrogen-bond donors (Lipinski definition) is 0. The Hall–Kier alpha value is -2.82. The number of benzene rings is 2. The second-order valence-corrected chi connectivity index (χ2v) is 4.38. The lowest BCUT2D eigenvalue weighted by molar-refractivity contribution is 0.0526. The average Bonchev–Trinajstić information content (AvgIpc) is 2.55. The van der Waals surface area contributed by atoms with E-state index in [1.54, 1.807) is 49.4 Å². The topological polar surface area (TPSA) is 61.8 Å². The second kappa shape index (κ2) is 7.26. The smallest absolute Gasteiger partial charge is 0.338 e. The second-order valence-electron chi connectivity index (χ2n) is 4.38. The van der Waals surface area contributed by atoms with E-state index in [4.69, 9.17) is 14.2 Å². The standard InChI is InChI=1S/C17H16O5/c1-3-21-17(19)13-5-4-6-14(10-13)22-15-8-7-12(11-18)9-16(15)20-2/h4-11H,3H2,1-2H3. The molecule has 0 aromatic heterocycles. The number of esters is 1. The lowest BCUT2D eigenvalue weighted by Gasteiger charge is -2.11. The fraction of sp³-hybridized carbons (Fsp3) is 0.176. The first kappa shape index (κ1) is 15.6. The Labute approximate surface area is 128 Å². The fourth-order valence-corrected chi connectivity index (χ4v) is 1.87. The molecule has 0 atom stereocenters. The highest BCUT2D eigenvalue weighted by Gasteiger charge is 2.10. The van der Waals surface area contributed by atoms with Crippen LogP contribution in [0.5, 0.6) is 17.2 Å². The van der Waals surface area contributed by atoms with Crippen molar-refractivity contribution < 1.29 is 23.8 Å². The Kier molecular flexibility index (Phi) is 5.14. The number of hydrogen-bond acceptors (Lipinski definition) is 5. The summed E-state index contributed by atoms with van der Waals surface area (Å²) in [6, 6.07) is 11.5. The molecule has 0 bridgehead atoms. The van der Waals surface area contributed by atoms with Gasteiger partial charge in [-0.15, -0.1) is 0 Å². The van der Waals surface area contributed by atoms with Crippen LogP contribution in [0.25, 0.3) is 0 Å². The van der Waals surface area contributed by atoms with Gasteiger partial charge in [0.1, 0.15) is 12.0 Å². The molecule has 0 heterocycles. The van der Waals surface area contributed by atoms with Gasteiger partial charge in [-0.05, 0) is 43.3 Å². The summed E-state index contributed by atoms with van der Waals surface area (Å²) in [4.78, 5) is 22.5. The van der Waals surface area contributed by atoms with Gasteiger partial charge in [0, 0.05) is 5.56 Å². The maximum Gasteiger partial charge on any atom is 0.338 e. The SMILES string of the molecule is CCOC(=O)c1cccc(Oc2ccc(C=O)cc2OC)c1. The van der Waals surface area contributed by atoms with Crippen LogP contribution in [0.4, 0.5) is 0 Å². The highest BCUT2D eigenvalue weighted by atomic mass is 16.5. The quantitative estimate of drug-likeness (QED) is 0.604. The molecular formula is C17H16O5. The highest BCUT2D eigenvalue weighted by molar-refractivity contribution is 5.89. The van der Waals surface area contributed by atoms with Crippen LogP contribution >= 0.6 is 0 Å². The summed E-state index contributed by atoms with van der Waals surface area (Å²) < 4.78 is 15.9. The lowest BCUT2D eigenvalue weighted by Crippen LogP contribution is -2.04. The minimum Gasteiger partial charge on any atom is -0.493 e. The molecule has 2 rings (SSSR count). The first-order valence-electron chi connectivity index (χ1n) is 6.76. The molecule has 22 heavy (non-hydrogen) atoms. The third-order valence-corrected chi connectivity index (χ3v) is 2.90. The monoisotopic (exact) mass is 300 g/mol. The number of rotatable bonds is 6. The van der Waals surface area contributed by atoms with Crippen LogP contribution in [0.15, 0.2) is 42.5 Å². The van der Waals surface area contributed by atoms with Gasteiger partial charge in [0.2, 0.25) is 0 Å². The van der Waals surface area contributed by atoms with Gasteiger partial charge in [-0.25, -0.2) is 4.79 Å². The third-order valence-electron chi connectivity index (χ3n) is 2.90. The Balaban J connectivity index is 2.25. The lowest BCUT2D eigenvalue weighted by atomic mass is 10.2. The molecule has 0 saturated heterocycles. The van der Waals surface area contributed by atoms with E-state index >= 15 is 0 Å². The van der Waals surface area contributed by atoms with Gasteiger partial charge >= 0.3 is 5.97 Å². The summed E-state index contributed by atoms with van der Waals surface area (Å²) in [5.41, 5.74) is 0.896. The molecule has 114 valence electrons. The van der Waals surface area contributed by atoms with E-state index < -0.39 is 5.97 Å². The Morgan fingerprint density at radius 1 is 1.14 bits per heavy atom. The van der Waals surface area contributed by atoms with E-state index in [2.05, 4.69) is 0 Å². The molecule has 0 aliphatic rings. The molecule has 5 heteroatoms. The van der Waals surface area contributed by atoms with E-state index in [-0.39, 0.29) is 0 Å². The van der Waals surface area contributed by atoms with Crippen molar-refractivity contribution in [2.24, 2.45) is 0 Å². The van der Waals surface area contributed by atoms with Crippen molar-refractivity contribution in [1.82, 2.24) is 0 Å². The molecule has 5 nitrogen and oxygen atoms in total. The first-order valence-corrected chi connectivity index (χ1v) is 6.76. The fourth-order valence-electron chi connectivity index (χ4n) is 1.87. The third kappa shape index (κ3) is 3.63. The number of carbonyl (C=O) groups excluding carboxylic acids is 2. The minimum atomic E-state index is -0.406. The van der Waals surface area contributed by atoms with Crippen molar-refractivity contribution in [3.05, 3.63) is 53.6 Å². The molecule has 0 unspecified atom stereocenters. The summed E-state index contributed by atoms with van der Waals surface area (Å²) in [6.07, 6.45) is 0.730. The summed E-state index contributed by atoms with van der Waals surface area (Å²) >= 11 is 0. The maximum absolute atomic E-state index is 11.7. The van der Waals surface area contributed by atoms with Gasteiger partial charge in [-0.2, -0.15) is 0 Å². The van der Waals surface area contributed by atoms with Gasteiger partial charge in [0.25, 0.3) is 0 Å². The van der Waals surface area contributed by atoms with Crippen molar-refractivity contribution in [2.45, 2.75) is 6.92 Å². The van der Waals surface area contributed by atoms with Crippen LogP contribution in [0.3, 0.4) is 0 Å². The molecule has 0 N–H and O–H groups in total. The van der Waals surface area contributed by atoms with Crippen molar-refractivity contribution >= 4 is 12.3 Å². The summed E-state index contributed by atoms with van der Waals surface area (Å²) in [5, 5.41) is 0. The van der Waals surface area contributed by atoms with Gasteiger partial charge in [-0.3, -0.25) is 4.79 Å². The van der Waals surface area contributed by atoms with Crippen LogP contribution < -0.4 is 9.47 Å². The summed E-state index contributed by atoms with van der Waals surface area (Å²) in [6.45, 7) is 2.06. The Morgan fingerprint density at radius 3 is 2.64 bits per heavy atom. The number of methoxy groups -OCH3 is 1. The predicted octanol–water partition coefficient (Wildman–Crippen LogP) is 3.48. The van der Waals surface area contributed by atoms with Crippen LogP contribution in [-0.2, 0) is 4.74 Å². The highest BCUT2D eigenvalue weighted by Crippen LogP contribution is 2.32. The van der Waals surface area contributed by atoms with E-state index in [1.165, 1.54) is 7.11 Å². The molecule has 0 saturated carbocycles. The van der Waals surface area contributed by atoms with Crippen molar-refractivity contribution in [1.29, 1.82) is 0 Å². The molecule has 0 spiro atoms. The molecule has 0 fully saturated rings. The van der Waals surface area contributed by atoms with Crippen molar-refractivity contribution in [3.63, 3.8) is 0 Å². The van der Waals surface area contributed by atoms with Crippen molar-refractivity contribution in [3.8, 4) is 17.2 Å². The Bertz CT molecular complexity index is 678. The van der Waals surface area contributed by atoms with Gasteiger partial charge < -0.3 is 14.2 Å². The van der Waals surface area contributed by atoms with Crippen molar-refractivity contribution in [2.75, 3.05) is 13.7 Å². The number of aldehydes is 1. The normalized spacial score (nSPS) is 9.91. The van der Waals surface area contributed by atoms with E-state index in [9.17, 15) is 9.59 Å². The molecule has 0 aliphatic carbocycles. The van der Waals surface area contributed by atoms with E-state index in [0.717, 1.165) is 6.29 Å². The maximum atomic E-state index is 11.7. The van der Waals surface area contributed by atoms with Crippen LogP contribution in [-0.4, -0.2) is 26.0 Å². The zero-order valence-electron chi connectivity index (χ0n) is 12.4. The molecule has 0 radical (unpaired) electrons. The first-order chi connectivity index (χ1) is 10.7. The molecular weight excluding hydrogens is 284 g/mol. The predicted molar refractivity (Wildman–Crippen MR) is 80.9 cm³/mol. The molecule has 0 aliphatic heterocycles. The molecule has 0 amide bonds. The molecule has 2 aromatic rings. The largest absolute Gasteiger partial charge is 0.493 e. The molecule has 2 aromatic carbocycles. The van der Waals surface area contributed by atoms with Gasteiger partial charge in [0.15, 0.2) is 11.5 Å². The minimum absolute atomic E-state index is 0.310. The van der Waals surface area contributed by atoms with E-state index in [1.807, 2.05) is 0 Å². The summed E-state index contributed by atoms with van der Waals surface area (Å²) in [5.74, 6) is 0.958. The Morgan fingerprint density at radius 2 is 1.95 bits per heavy atom. The zero-order valence-corrected chi connectivity index (χ0v) is 12.4. The van der Waals surface area contributed by atoms with Crippen LogP contribution in [0.1, 0.15) is 27.6 Å². The van der Waals surface area contributed by atoms with E-state index in [0.29, 0.717) is 35.0 Å². The zero-order chi connectivity index (χ0) is 15.9.